The van der Waals surface area contributed by atoms with E-state index in [0.717, 1.165) is 51.3 Å². The Balaban J connectivity index is 1.39. The number of hydrogen-bond donors (Lipinski definition) is 1. The fourth-order valence-corrected chi connectivity index (χ4v) is 4.62. The second-order valence-electron chi connectivity index (χ2n) is 8.04. The molecule has 0 spiro atoms. The van der Waals surface area contributed by atoms with Crippen LogP contribution >= 0.6 is 23.2 Å². The number of methoxy groups -OCH3 is 1. The Morgan fingerprint density at radius 2 is 1.97 bits per heavy atom. The van der Waals surface area contributed by atoms with E-state index in [4.69, 9.17) is 27.9 Å². The number of aliphatic hydroxyl groups is 1. The van der Waals surface area contributed by atoms with E-state index in [1.165, 1.54) is 0 Å². The topological polar surface area (TPSA) is 56.2 Å². The molecule has 2 saturated heterocycles. The predicted octanol–water partition coefficient (Wildman–Crippen LogP) is 2.90. The Bertz CT molecular complexity index is 698. The molecule has 1 N–H and O–H groups in total. The number of nitrogens with zero attached hydrogens (tertiary/aromatic N) is 3. The number of anilines is 1. The number of carbonyl (C=O) groups is 1. The SMILES string of the molecule is COCCC(=O)N1CCC(O)(CCCN2CCN(c3cccc(Cl)c3Cl)CC2)C1. The molecular weight excluding hydrogens is 413 g/mol. The average molecular weight is 444 g/mol. The van der Waals surface area contributed by atoms with Crippen molar-refractivity contribution in [3.8, 4) is 0 Å². The van der Waals surface area contributed by atoms with Crippen LogP contribution in [0.15, 0.2) is 18.2 Å². The van der Waals surface area contributed by atoms with Crippen molar-refractivity contribution in [3.05, 3.63) is 28.2 Å². The maximum atomic E-state index is 12.1. The summed E-state index contributed by atoms with van der Waals surface area (Å²) in [6.45, 7) is 6.20. The fourth-order valence-electron chi connectivity index (χ4n) is 4.20. The number of β-amino-alcohol motifs (C(OH)–C–C–N with tert-alkyl or cyclic N) is 1. The van der Waals surface area contributed by atoms with Crippen LogP contribution in [-0.4, -0.2) is 85.9 Å². The van der Waals surface area contributed by atoms with Gasteiger partial charge in [-0.2, -0.15) is 0 Å². The molecule has 0 saturated carbocycles. The van der Waals surface area contributed by atoms with Gasteiger partial charge < -0.3 is 19.6 Å². The molecule has 1 amide bonds. The van der Waals surface area contributed by atoms with Crippen molar-refractivity contribution < 1.29 is 14.6 Å². The molecule has 1 atom stereocenters. The lowest BCUT2D eigenvalue weighted by Crippen LogP contribution is -2.47. The standard InChI is InChI=1S/C21H31Cl2N3O3/c1-29-15-6-19(27)26-10-8-21(28,16-26)7-3-9-24-11-13-25(14-12-24)18-5-2-4-17(22)20(18)23/h2,4-5,28H,3,6-16H2,1H3. The quantitative estimate of drug-likeness (QED) is 0.669. The van der Waals surface area contributed by atoms with Crippen molar-refractivity contribution in [2.24, 2.45) is 0 Å². The third-order valence-electron chi connectivity index (χ3n) is 5.97. The molecule has 29 heavy (non-hydrogen) atoms. The molecule has 2 aliphatic heterocycles. The summed E-state index contributed by atoms with van der Waals surface area (Å²) < 4.78 is 4.97. The Labute approximate surface area is 183 Å². The molecule has 1 unspecified atom stereocenters. The number of carbonyl (C=O) groups excluding carboxylic acids is 1. The third kappa shape index (κ3) is 5.98. The molecule has 0 aliphatic carbocycles. The minimum absolute atomic E-state index is 0.0681. The van der Waals surface area contributed by atoms with Crippen LogP contribution in [0.5, 0.6) is 0 Å². The first-order chi connectivity index (χ1) is 13.9. The number of hydrogen-bond acceptors (Lipinski definition) is 5. The monoisotopic (exact) mass is 443 g/mol. The maximum Gasteiger partial charge on any atom is 0.224 e. The third-order valence-corrected chi connectivity index (χ3v) is 6.77. The van der Waals surface area contributed by atoms with E-state index in [-0.39, 0.29) is 5.91 Å². The van der Waals surface area contributed by atoms with E-state index in [9.17, 15) is 9.90 Å². The van der Waals surface area contributed by atoms with E-state index < -0.39 is 5.60 Å². The van der Waals surface area contributed by atoms with E-state index in [1.807, 2.05) is 18.2 Å². The summed E-state index contributed by atoms with van der Waals surface area (Å²) in [6.07, 6.45) is 2.69. The number of benzene rings is 1. The first-order valence-electron chi connectivity index (χ1n) is 10.3. The summed E-state index contributed by atoms with van der Waals surface area (Å²) >= 11 is 12.5. The van der Waals surface area contributed by atoms with Gasteiger partial charge in [-0.1, -0.05) is 29.3 Å². The van der Waals surface area contributed by atoms with Crippen molar-refractivity contribution in [1.29, 1.82) is 0 Å². The highest BCUT2D eigenvalue weighted by atomic mass is 35.5. The molecule has 2 fully saturated rings. The molecular formula is C21H31Cl2N3O3. The molecule has 2 heterocycles. The lowest BCUT2D eigenvalue weighted by molar-refractivity contribution is -0.132. The van der Waals surface area contributed by atoms with Crippen LogP contribution in [-0.2, 0) is 9.53 Å². The summed E-state index contributed by atoms with van der Waals surface area (Å²) in [4.78, 5) is 18.6. The van der Waals surface area contributed by atoms with Gasteiger partial charge in [-0.05, 0) is 37.9 Å². The number of ether oxygens (including phenoxy) is 1. The Kier molecular flexibility index (Phi) is 8.05. The number of amides is 1. The van der Waals surface area contributed by atoms with Crippen molar-refractivity contribution in [1.82, 2.24) is 9.80 Å². The second kappa shape index (κ2) is 10.3. The van der Waals surface area contributed by atoms with Crippen molar-refractivity contribution >= 4 is 34.8 Å². The summed E-state index contributed by atoms with van der Waals surface area (Å²) in [5, 5.41) is 12.0. The molecule has 0 aromatic heterocycles. The van der Waals surface area contributed by atoms with Crippen molar-refractivity contribution in [2.45, 2.75) is 31.3 Å². The number of halogens is 2. The van der Waals surface area contributed by atoms with Gasteiger partial charge in [0.2, 0.25) is 5.91 Å². The first kappa shape index (κ1) is 22.6. The fraction of sp³-hybridized carbons (Fsp3) is 0.667. The minimum atomic E-state index is -0.751. The van der Waals surface area contributed by atoms with E-state index in [0.29, 0.717) is 42.6 Å². The second-order valence-corrected chi connectivity index (χ2v) is 8.82. The highest BCUT2D eigenvalue weighted by molar-refractivity contribution is 6.43. The van der Waals surface area contributed by atoms with E-state index >= 15 is 0 Å². The van der Waals surface area contributed by atoms with Gasteiger partial charge >= 0.3 is 0 Å². The van der Waals surface area contributed by atoms with Crippen LogP contribution in [0.1, 0.15) is 25.7 Å². The zero-order chi connectivity index (χ0) is 20.9. The smallest absolute Gasteiger partial charge is 0.224 e. The van der Waals surface area contributed by atoms with E-state index in [1.54, 1.807) is 12.0 Å². The molecule has 6 nitrogen and oxygen atoms in total. The van der Waals surface area contributed by atoms with Crippen LogP contribution in [0.25, 0.3) is 0 Å². The predicted molar refractivity (Wildman–Crippen MR) is 117 cm³/mol. The van der Waals surface area contributed by atoms with E-state index in [2.05, 4.69) is 9.80 Å². The number of piperazine rings is 1. The highest BCUT2D eigenvalue weighted by Crippen LogP contribution is 2.33. The first-order valence-corrected chi connectivity index (χ1v) is 11.1. The summed E-state index contributed by atoms with van der Waals surface area (Å²) in [6, 6.07) is 5.75. The molecule has 2 aliphatic rings. The highest BCUT2D eigenvalue weighted by Gasteiger charge is 2.37. The maximum absolute atomic E-state index is 12.1. The molecule has 8 heteroatoms. The van der Waals surface area contributed by atoms with Gasteiger partial charge in [0.05, 0.1) is 34.4 Å². The Morgan fingerprint density at radius 3 is 2.69 bits per heavy atom. The van der Waals surface area contributed by atoms with Crippen LogP contribution in [0.3, 0.4) is 0 Å². The van der Waals surface area contributed by atoms with Gasteiger partial charge in [0, 0.05) is 46.4 Å². The largest absolute Gasteiger partial charge is 0.388 e. The minimum Gasteiger partial charge on any atom is -0.388 e. The van der Waals surface area contributed by atoms with Crippen LogP contribution < -0.4 is 4.90 Å². The molecule has 3 rings (SSSR count). The van der Waals surface area contributed by atoms with Gasteiger partial charge in [0.25, 0.3) is 0 Å². The molecule has 1 aromatic rings. The molecule has 0 radical (unpaired) electrons. The lowest BCUT2D eigenvalue weighted by Gasteiger charge is -2.37. The lowest BCUT2D eigenvalue weighted by atomic mass is 9.96. The van der Waals surface area contributed by atoms with Gasteiger partial charge in [-0.15, -0.1) is 0 Å². The van der Waals surface area contributed by atoms with Gasteiger partial charge in [0.15, 0.2) is 0 Å². The zero-order valence-corrected chi connectivity index (χ0v) is 18.6. The molecule has 1 aromatic carbocycles. The van der Waals surface area contributed by atoms with Gasteiger partial charge in [-0.3, -0.25) is 9.69 Å². The Hall–Kier alpha value is -1.05. The Morgan fingerprint density at radius 1 is 1.21 bits per heavy atom. The van der Waals surface area contributed by atoms with Crippen molar-refractivity contribution in [3.63, 3.8) is 0 Å². The zero-order valence-electron chi connectivity index (χ0n) is 17.1. The van der Waals surface area contributed by atoms with Crippen molar-refractivity contribution in [2.75, 3.05) is 64.4 Å². The number of likely N-dealkylation sites (tertiary alicyclic amines) is 1. The normalized spacial score (nSPS) is 23.0. The summed E-state index contributed by atoms with van der Waals surface area (Å²) in [5.41, 5.74) is 0.246. The van der Waals surface area contributed by atoms with Gasteiger partial charge in [-0.25, -0.2) is 0 Å². The molecule has 0 bridgehead atoms. The van der Waals surface area contributed by atoms with Crippen LogP contribution in [0, 0.1) is 0 Å². The van der Waals surface area contributed by atoms with Crippen LogP contribution in [0.2, 0.25) is 10.0 Å². The average Bonchev–Trinajstić information content (AvgIpc) is 3.11. The number of rotatable bonds is 8. The summed E-state index contributed by atoms with van der Waals surface area (Å²) in [5.74, 6) is 0.0681. The summed E-state index contributed by atoms with van der Waals surface area (Å²) in [7, 11) is 1.59. The van der Waals surface area contributed by atoms with Gasteiger partial charge in [0.1, 0.15) is 0 Å². The van der Waals surface area contributed by atoms with Crippen LogP contribution in [0.4, 0.5) is 5.69 Å². The molecule has 162 valence electrons.